The fourth-order valence-corrected chi connectivity index (χ4v) is 1.81. The van der Waals surface area contributed by atoms with Crippen LogP contribution in [0.1, 0.15) is 10.4 Å². The number of hydrogen-bond donors (Lipinski definition) is 1. The van der Waals surface area contributed by atoms with Crippen LogP contribution in [0.5, 0.6) is 0 Å². The Balaban J connectivity index is 0.00000264. The van der Waals surface area contributed by atoms with Gasteiger partial charge < -0.3 is 15.2 Å². The van der Waals surface area contributed by atoms with Crippen molar-refractivity contribution in [3.8, 4) is 0 Å². The second kappa shape index (κ2) is 7.68. The Morgan fingerprint density at radius 2 is 1.61 bits per heavy atom. The maximum Gasteiger partial charge on any atom is 1.00 e. The molecule has 0 aliphatic heterocycles. The van der Waals surface area contributed by atoms with Gasteiger partial charge in [-0.25, -0.2) is 0 Å². The summed E-state index contributed by atoms with van der Waals surface area (Å²) in [6.07, 6.45) is 0. The van der Waals surface area contributed by atoms with E-state index in [1.54, 1.807) is 0 Å². The molecule has 2 aromatic carbocycles. The standard InChI is InChI=1S/C13H9N3O6.Na/c17-13(18)9-3-1-2-4-10(9)14-11-6-5-8(15(19)20)7-12(11)16(21)22;/h1-7,14H,(H,17,18);/q;+1/p-1. The molecule has 0 saturated heterocycles. The smallest absolute Gasteiger partial charge is 0.545 e. The van der Waals surface area contributed by atoms with E-state index in [-0.39, 0.29) is 46.5 Å². The number of benzene rings is 2. The van der Waals surface area contributed by atoms with Gasteiger partial charge in [-0.2, -0.15) is 0 Å². The van der Waals surface area contributed by atoms with Crippen molar-refractivity contribution in [1.29, 1.82) is 0 Å². The first-order valence-corrected chi connectivity index (χ1v) is 5.90. The molecule has 0 saturated carbocycles. The largest absolute Gasteiger partial charge is 1.00 e. The number of aromatic carboxylic acids is 1. The van der Waals surface area contributed by atoms with Crippen molar-refractivity contribution >= 4 is 28.7 Å². The van der Waals surface area contributed by atoms with Crippen LogP contribution in [0.15, 0.2) is 42.5 Å². The summed E-state index contributed by atoms with van der Waals surface area (Å²) in [6.45, 7) is 0. The van der Waals surface area contributed by atoms with E-state index in [2.05, 4.69) is 5.32 Å². The summed E-state index contributed by atoms with van der Waals surface area (Å²) < 4.78 is 0. The SMILES string of the molecule is O=C([O-])c1ccccc1Nc1ccc([N+](=O)[O-])cc1[N+](=O)[O-].[Na+]. The second-order valence-corrected chi connectivity index (χ2v) is 4.17. The van der Waals surface area contributed by atoms with E-state index >= 15 is 0 Å². The molecular weight excluding hydrogens is 317 g/mol. The van der Waals surface area contributed by atoms with Crippen molar-refractivity contribution in [2.45, 2.75) is 0 Å². The third kappa shape index (κ3) is 4.25. The molecule has 0 amide bonds. The zero-order valence-corrected chi connectivity index (χ0v) is 13.9. The molecule has 0 fully saturated rings. The number of nitrogens with zero attached hydrogens (tertiary/aromatic N) is 2. The quantitative estimate of drug-likeness (QED) is 0.406. The average Bonchev–Trinajstić information content (AvgIpc) is 2.47. The van der Waals surface area contributed by atoms with Crippen LogP contribution in [0, 0.1) is 20.2 Å². The van der Waals surface area contributed by atoms with Crippen LogP contribution in [-0.4, -0.2) is 15.8 Å². The fourth-order valence-electron chi connectivity index (χ4n) is 1.81. The Morgan fingerprint density at radius 3 is 2.17 bits per heavy atom. The van der Waals surface area contributed by atoms with Crippen LogP contribution in [-0.2, 0) is 0 Å². The molecule has 0 aliphatic carbocycles. The molecule has 2 rings (SSSR count). The number of rotatable bonds is 5. The Bertz CT molecular complexity index is 780. The van der Waals surface area contributed by atoms with Gasteiger partial charge in [0, 0.05) is 17.3 Å². The third-order valence-electron chi connectivity index (χ3n) is 2.81. The summed E-state index contributed by atoms with van der Waals surface area (Å²) in [7, 11) is 0. The Morgan fingerprint density at radius 1 is 0.957 bits per heavy atom. The molecular formula is C13H8N3NaO6. The zero-order chi connectivity index (χ0) is 16.3. The molecule has 23 heavy (non-hydrogen) atoms. The molecule has 112 valence electrons. The number of carboxylic acids is 1. The summed E-state index contributed by atoms with van der Waals surface area (Å²) >= 11 is 0. The molecule has 0 unspecified atom stereocenters. The first-order chi connectivity index (χ1) is 10.4. The van der Waals surface area contributed by atoms with E-state index in [1.807, 2.05) is 0 Å². The number of anilines is 2. The van der Waals surface area contributed by atoms with Crippen LogP contribution in [0.25, 0.3) is 0 Å². The van der Waals surface area contributed by atoms with E-state index < -0.39 is 27.2 Å². The van der Waals surface area contributed by atoms with Gasteiger partial charge in [-0.05, 0) is 12.1 Å². The van der Waals surface area contributed by atoms with Gasteiger partial charge in [0.05, 0.1) is 21.9 Å². The normalized spacial score (nSPS) is 9.57. The summed E-state index contributed by atoms with van der Waals surface area (Å²) in [5, 5.41) is 35.3. The molecule has 1 N–H and O–H groups in total. The number of nitro groups is 2. The van der Waals surface area contributed by atoms with Crippen LogP contribution >= 0.6 is 0 Å². The summed E-state index contributed by atoms with van der Waals surface area (Å²) in [4.78, 5) is 31.1. The van der Waals surface area contributed by atoms with Gasteiger partial charge in [0.1, 0.15) is 5.69 Å². The van der Waals surface area contributed by atoms with Crippen LogP contribution in [0.4, 0.5) is 22.7 Å². The maximum atomic E-state index is 11.0. The number of non-ortho nitro benzene ring substituents is 1. The van der Waals surface area contributed by atoms with E-state index in [0.29, 0.717) is 0 Å². The number of hydrogen-bond acceptors (Lipinski definition) is 7. The summed E-state index contributed by atoms with van der Waals surface area (Å²) in [5.74, 6) is -1.45. The molecule has 10 heteroatoms. The predicted octanol–water partition coefficient (Wildman–Crippen LogP) is -1.39. The van der Waals surface area contributed by atoms with Crippen molar-refractivity contribution in [2.24, 2.45) is 0 Å². The minimum atomic E-state index is -1.45. The van der Waals surface area contributed by atoms with Crippen molar-refractivity contribution in [3.63, 3.8) is 0 Å². The first-order valence-electron chi connectivity index (χ1n) is 5.90. The maximum absolute atomic E-state index is 11.0. The van der Waals surface area contributed by atoms with Crippen molar-refractivity contribution in [1.82, 2.24) is 0 Å². The van der Waals surface area contributed by atoms with Gasteiger partial charge in [-0.15, -0.1) is 0 Å². The monoisotopic (exact) mass is 325 g/mol. The number of carbonyl (C=O) groups excluding carboxylic acids is 1. The molecule has 0 heterocycles. The van der Waals surface area contributed by atoms with Crippen LogP contribution in [0.2, 0.25) is 0 Å². The zero-order valence-electron chi connectivity index (χ0n) is 11.9. The van der Waals surface area contributed by atoms with Gasteiger partial charge in [0.25, 0.3) is 11.4 Å². The fraction of sp³-hybridized carbons (Fsp3) is 0. The number of carboxylic acid groups (broad SMARTS) is 1. The predicted molar refractivity (Wildman–Crippen MR) is 73.8 cm³/mol. The topological polar surface area (TPSA) is 138 Å². The Kier molecular flexibility index (Phi) is 6.19. The van der Waals surface area contributed by atoms with Gasteiger partial charge in [-0.1, -0.05) is 18.2 Å². The minimum Gasteiger partial charge on any atom is -0.545 e. The van der Waals surface area contributed by atoms with Gasteiger partial charge >= 0.3 is 29.6 Å². The summed E-state index contributed by atoms with van der Waals surface area (Å²) in [6, 6.07) is 8.70. The van der Waals surface area contributed by atoms with E-state index in [1.165, 1.54) is 24.3 Å². The average molecular weight is 325 g/mol. The first kappa shape index (κ1) is 18.6. The van der Waals surface area contributed by atoms with E-state index in [0.717, 1.165) is 18.2 Å². The van der Waals surface area contributed by atoms with Gasteiger partial charge in [0.2, 0.25) is 0 Å². The molecule has 0 radical (unpaired) electrons. The molecule has 0 atom stereocenters. The number of para-hydroxylation sites is 1. The summed E-state index contributed by atoms with van der Waals surface area (Å²) in [5.41, 5.74) is -1.15. The second-order valence-electron chi connectivity index (χ2n) is 4.17. The van der Waals surface area contributed by atoms with Gasteiger partial charge in [0.15, 0.2) is 0 Å². The van der Waals surface area contributed by atoms with Crippen LogP contribution < -0.4 is 40.0 Å². The molecule has 0 aromatic heterocycles. The Hall–Kier alpha value is -2.49. The van der Waals surface area contributed by atoms with Crippen molar-refractivity contribution < 1.29 is 49.3 Å². The van der Waals surface area contributed by atoms with Gasteiger partial charge in [-0.3, -0.25) is 20.2 Å². The van der Waals surface area contributed by atoms with Crippen molar-refractivity contribution in [2.75, 3.05) is 5.32 Å². The third-order valence-corrected chi connectivity index (χ3v) is 2.81. The molecule has 2 aromatic rings. The van der Waals surface area contributed by atoms with Crippen LogP contribution in [0.3, 0.4) is 0 Å². The number of nitro benzene ring substituents is 2. The molecule has 0 bridgehead atoms. The Labute approximate surface area is 151 Å². The minimum absolute atomic E-state index is 0. The number of carbonyl (C=O) groups is 1. The number of nitrogens with one attached hydrogen (secondary N) is 1. The molecule has 9 nitrogen and oxygen atoms in total. The molecule has 0 aliphatic rings. The van der Waals surface area contributed by atoms with E-state index in [9.17, 15) is 30.1 Å². The van der Waals surface area contributed by atoms with Crippen molar-refractivity contribution in [3.05, 3.63) is 68.3 Å². The molecule has 0 spiro atoms. The van der Waals surface area contributed by atoms with E-state index in [4.69, 9.17) is 0 Å².